The van der Waals surface area contributed by atoms with Gasteiger partial charge < -0.3 is 9.88 Å². The van der Waals surface area contributed by atoms with Crippen molar-refractivity contribution in [3.63, 3.8) is 0 Å². The van der Waals surface area contributed by atoms with Crippen molar-refractivity contribution in [2.24, 2.45) is 5.92 Å². The number of para-hydroxylation sites is 1. The summed E-state index contributed by atoms with van der Waals surface area (Å²) in [6.07, 6.45) is 2.15. The zero-order valence-corrected chi connectivity index (χ0v) is 18.9. The Morgan fingerprint density at radius 3 is 2.33 bits per heavy atom. The Bertz CT molecular complexity index is 1240. The lowest BCUT2D eigenvalue weighted by Gasteiger charge is -2.18. The fourth-order valence-corrected chi connectivity index (χ4v) is 4.19. The summed E-state index contributed by atoms with van der Waals surface area (Å²) in [5.74, 6) is -0.804. The molecule has 0 unspecified atom stereocenters. The fraction of sp³-hybridized carbons (Fsp3) is 0.250. The van der Waals surface area contributed by atoms with E-state index in [1.54, 1.807) is 30.3 Å². The van der Waals surface area contributed by atoms with Crippen LogP contribution in [0.5, 0.6) is 0 Å². The molecular formula is C28H28F2N2O. The van der Waals surface area contributed by atoms with Crippen LogP contribution in [0.4, 0.5) is 8.78 Å². The van der Waals surface area contributed by atoms with Crippen molar-refractivity contribution in [2.45, 2.75) is 32.7 Å². The summed E-state index contributed by atoms with van der Waals surface area (Å²) in [5.41, 5.74) is 3.35. The van der Waals surface area contributed by atoms with Crippen LogP contribution in [0, 0.1) is 17.6 Å². The third-order valence-electron chi connectivity index (χ3n) is 5.84. The zero-order valence-electron chi connectivity index (χ0n) is 18.9. The van der Waals surface area contributed by atoms with Crippen LogP contribution in [-0.4, -0.2) is 17.0 Å². The maximum atomic E-state index is 14.9. The predicted molar refractivity (Wildman–Crippen MR) is 128 cm³/mol. The molecule has 0 spiro atoms. The molecule has 0 aliphatic carbocycles. The molecule has 0 fully saturated rings. The largest absolute Gasteiger partial charge is 0.356 e. The van der Waals surface area contributed by atoms with Crippen LogP contribution in [-0.2, 0) is 11.3 Å². The molecular weight excluding hydrogens is 418 g/mol. The molecule has 1 aromatic heterocycles. The molecule has 1 atom stereocenters. The van der Waals surface area contributed by atoms with Crippen molar-refractivity contribution >= 4 is 16.8 Å². The molecule has 3 aromatic carbocycles. The number of nitrogens with one attached hydrogen (secondary N) is 1. The Morgan fingerprint density at radius 2 is 1.61 bits per heavy atom. The van der Waals surface area contributed by atoms with Crippen molar-refractivity contribution < 1.29 is 13.6 Å². The van der Waals surface area contributed by atoms with E-state index in [-0.39, 0.29) is 24.0 Å². The van der Waals surface area contributed by atoms with Crippen molar-refractivity contribution in [1.82, 2.24) is 9.88 Å². The van der Waals surface area contributed by atoms with Crippen LogP contribution in [0.15, 0.2) is 79.0 Å². The number of amides is 1. The smallest absolute Gasteiger partial charge is 0.220 e. The summed E-state index contributed by atoms with van der Waals surface area (Å²) < 4.78 is 30.4. The Kier molecular flexibility index (Phi) is 6.87. The van der Waals surface area contributed by atoms with Gasteiger partial charge in [0.1, 0.15) is 11.6 Å². The van der Waals surface area contributed by atoms with Crippen molar-refractivity contribution in [1.29, 1.82) is 0 Å². The first-order valence-electron chi connectivity index (χ1n) is 11.3. The average Bonchev–Trinajstić information content (AvgIpc) is 3.16. The molecule has 0 saturated carbocycles. The number of carbonyl (C=O) groups excluding carboxylic acids is 1. The monoisotopic (exact) mass is 446 g/mol. The van der Waals surface area contributed by atoms with E-state index in [2.05, 4.69) is 9.88 Å². The van der Waals surface area contributed by atoms with E-state index < -0.39 is 5.92 Å². The molecule has 4 aromatic rings. The zero-order chi connectivity index (χ0) is 23.4. The van der Waals surface area contributed by atoms with Gasteiger partial charge in [-0.05, 0) is 46.9 Å². The number of halogens is 2. The molecule has 170 valence electrons. The van der Waals surface area contributed by atoms with Crippen LogP contribution in [0.2, 0.25) is 0 Å². The van der Waals surface area contributed by atoms with Crippen molar-refractivity contribution in [2.75, 3.05) is 6.54 Å². The molecule has 0 saturated heterocycles. The minimum atomic E-state index is -0.433. The Balaban J connectivity index is 1.77. The minimum absolute atomic E-state index is 0.104. The Labute approximate surface area is 193 Å². The highest BCUT2D eigenvalue weighted by atomic mass is 19.1. The number of rotatable bonds is 8. The molecule has 3 nitrogen and oxygen atoms in total. The third kappa shape index (κ3) is 5.30. The number of hydrogen-bond donors (Lipinski definition) is 1. The maximum absolute atomic E-state index is 14.9. The molecule has 4 rings (SSSR count). The first kappa shape index (κ1) is 22.7. The highest BCUT2D eigenvalue weighted by Gasteiger charge is 2.25. The van der Waals surface area contributed by atoms with E-state index in [1.807, 2.05) is 44.3 Å². The number of benzene rings is 3. The SMILES string of the molecule is CC(C)CNC(=O)C[C@@H](c1ccccc1F)c1cn(Cc2ccc(F)cc2)c2ccccc12. The van der Waals surface area contributed by atoms with Gasteiger partial charge in [0.05, 0.1) is 0 Å². The number of aromatic nitrogens is 1. The van der Waals surface area contributed by atoms with Gasteiger partial charge in [-0.2, -0.15) is 0 Å². The molecule has 0 aliphatic heterocycles. The van der Waals surface area contributed by atoms with E-state index in [1.165, 1.54) is 18.2 Å². The molecule has 0 radical (unpaired) electrons. The molecule has 1 heterocycles. The van der Waals surface area contributed by atoms with E-state index in [0.29, 0.717) is 24.6 Å². The summed E-state index contributed by atoms with van der Waals surface area (Å²) in [4.78, 5) is 12.8. The molecule has 0 aliphatic rings. The van der Waals surface area contributed by atoms with Gasteiger partial charge in [-0.15, -0.1) is 0 Å². The second-order valence-electron chi connectivity index (χ2n) is 8.83. The second-order valence-corrected chi connectivity index (χ2v) is 8.83. The predicted octanol–water partition coefficient (Wildman–Crippen LogP) is 6.26. The van der Waals surface area contributed by atoms with Gasteiger partial charge >= 0.3 is 0 Å². The summed E-state index contributed by atoms with van der Waals surface area (Å²) in [6, 6.07) is 21.0. The Hall–Kier alpha value is -3.47. The molecule has 1 amide bonds. The average molecular weight is 447 g/mol. The number of fused-ring (bicyclic) bond motifs is 1. The van der Waals surface area contributed by atoms with E-state index in [4.69, 9.17) is 0 Å². The van der Waals surface area contributed by atoms with Crippen molar-refractivity contribution in [3.8, 4) is 0 Å². The lowest BCUT2D eigenvalue weighted by molar-refractivity contribution is -0.121. The van der Waals surface area contributed by atoms with Crippen LogP contribution in [0.3, 0.4) is 0 Å². The van der Waals surface area contributed by atoms with Crippen LogP contribution < -0.4 is 5.32 Å². The van der Waals surface area contributed by atoms with E-state index >= 15 is 0 Å². The topological polar surface area (TPSA) is 34.0 Å². The van der Waals surface area contributed by atoms with Gasteiger partial charge in [0, 0.05) is 42.5 Å². The summed E-state index contributed by atoms with van der Waals surface area (Å²) in [6.45, 7) is 5.20. The fourth-order valence-electron chi connectivity index (χ4n) is 4.19. The first-order chi connectivity index (χ1) is 15.9. The molecule has 0 bridgehead atoms. The quantitative estimate of drug-likeness (QED) is 0.340. The van der Waals surface area contributed by atoms with E-state index in [9.17, 15) is 13.6 Å². The Morgan fingerprint density at radius 1 is 0.909 bits per heavy atom. The summed E-state index contributed by atoms with van der Waals surface area (Å²) in [5, 5.41) is 3.94. The third-order valence-corrected chi connectivity index (χ3v) is 5.84. The van der Waals surface area contributed by atoms with Gasteiger partial charge in [-0.25, -0.2) is 8.78 Å². The molecule has 1 N–H and O–H groups in total. The van der Waals surface area contributed by atoms with Gasteiger partial charge in [-0.1, -0.05) is 62.4 Å². The highest BCUT2D eigenvalue weighted by Crippen LogP contribution is 2.36. The minimum Gasteiger partial charge on any atom is -0.356 e. The van der Waals surface area contributed by atoms with Crippen LogP contribution in [0.25, 0.3) is 10.9 Å². The standard InChI is InChI=1S/C28H28F2N2O/c1-19(2)16-31-28(33)15-24(22-7-3-5-9-26(22)30)25-18-32(27-10-6-4-8-23(25)27)17-20-11-13-21(29)14-12-20/h3-14,18-19,24H,15-17H2,1-2H3,(H,31,33)/t24-/m0/s1. The second kappa shape index (κ2) is 9.99. The summed E-state index contributed by atoms with van der Waals surface area (Å²) >= 11 is 0. The summed E-state index contributed by atoms with van der Waals surface area (Å²) in [7, 11) is 0. The normalized spacial score (nSPS) is 12.3. The lowest BCUT2D eigenvalue weighted by atomic mass is 9.87. The van der Waals surface area contributed by atoms with Gasteiger partial charge in [-0.3, -0.25) is 4.79 Å². The number of carbonyl (C=O) groups is 1. The maximum Gasteiger partial charge on any atom is 0.220 e. The van der Waals surface area contributed by atoms with Gasteiger partial charge in [0.15, 0.2) is 0 Å². The molecule has 33 heavy (non-hydrogen) atoms. The first-order valence-corrected chi connectivity index (χ1v) is 11.3. The van der Waals surface area contributed by atoms with Crippen molar-refractivity contribution in [3.05, 3.63) is 107 Å². The van der Waals surface area contributed by atoms with E-state index in [0.717, 1.165) is 22.0 Å². The number of hydrogen-bond acceptors (Lipinski definition) is 1. The van der Waals surface area contributed by atoms with Gasteiger partial charge in [0.2, 0.25) is 5.91 Å². The van der Waals surface area contributed by atoms with Crippen LogP contribution >= 0.6 is 0 Å². The molecule has 5 heteroatoms. The highest BCUT2D eigenvalue weighted by molar-refractivity contribution is 5.86. The van der Waals surface area contributed by atoms with Gasteiger partial charge in [0.25, 0.3) is 0 Å². The lowest BCUT2D eigenvalue weighted by Crippen LogP contribution is -2.29. The van der Waals surface area contributed by atoms with Crippen LogP contribution in [0.1, 0.15) is 42.9 Å². The number of nitrogens with zero attached hydrogens (tertiary/aromatic N) is 1.